The lowest BCUT2D eigenvalue weighted by molar-refractivity contribution is -0.127. The number of hydrogen-bond donors (Lipinski definition) is 2. The minimum atomic E-state index is -1.02. The Hall–Kier alpha value is -1.89. The van der Waals surface area contributed by atoms with Gasteiger partial charge in [-0.3, -0.25) is 10.1 Å². The summed E-state index contributed by atoms with van der Waals surface area (Å²) in [5.74, 6) is -1.16. The van der Waals surface area contributed by atoms with Crippen molar-refractivity contribution in [3.05, 3.63) is 21.4 Å². The van der Waals surface area contributed by atoms with E-state index in [2.05, 4.69) is 10.6 Å². The van der Waals surface area contributed by atoms with Gasteiger partial charge in [0.2, 0.25) is 0 Å². The normalized spacial score (nSPS) is 15.6. The largest absolute Gasteiger partial charge is 0.448 e. The molecule has 0 aromatic carbocycles. The number of fused-ring (bicyclic) bond motifs is 1. The lowest BCUT2D eigenvalue weighted by Gasteiger charge is -2.11. The molecule has 23 heavy (non-hydrogen) atoms. The van der Waals surface area contributed by atoms with E-state index in [1.54, 1.807) is 0 Å². The Balaban J connectivity index is 1.99. The summed E-state index contributed by atoms with van der Waals surface area (Å²) < 4.78 is 5.16. The lowest BCUT2D eigenvalue weighted by atomic mass is 10.00. The van der Waals surface area contributed by atoms with Gasteiger partial charge < -0.3 is 10.1 Å². The van der Waals surface area contributed by atoms with Gasteiger partial charge in [-0.2, -0.15) is 0 Å². The van der Waals surface area contributed by atoms with E-state index in [0.29, 0.717) is 4.88 Å². The predicted molar refractivity (Wildman–Crippen MR) is 87.7 cm³/mol. The van der Waals surface area contributed by atoms with Crippen molar-refractivity contribution in [2.45, 2.75) is 51.6 Å². The summed E-state index contributed by atoms with van der Waals surface area (Å²) in [4.78, 5) is 36.8. The molecular formula is C16H22N2O4S. The van der Waals surface area contributed by atoms with E-state index >= 15 is 0 Å². The Morgan fingerprint density at radius 2 is 1.87 bits per heavy atom. The number of rotatable bonds is 3. The highest BCUT2D eigenvalue weighted by molar-refractivity contribution is 7.14. The van der Waals surface area contributed by atoms with Gasteiger partial charge in [0.05, 0.1) is 0 Å². The highest BCUT2D eigenvalue weighted by Gasteiger charge is 2.23. The molecule has 6 nitrogen and oxygen atoms in total. The topological polar surface area (TPSA) is 84.5 Å². The van der Waals surface area contributed by atoms with Crippen molar-refractivity contribution in [2.75, 3.05) is 7.05 Å². The molecule has 1 unspecified atom stereocenters. The number of amides is 3. The first-order chi connectivity index (χ1) is 11.0. The van der Waals surface area contributed by atoms with E-state index in [0.717, 1.165) is 25.7 Å². The Morgan fingerprint density at radius 1 is 1.17 bits per heavy atom. The minimum absolute atomic E-state index is 0.513. The Bertz CT molecular complexity index is 571. The van der Waals surface area contributed by atoms with E-state index < -0.39 is 24.0 Å². The third kappa shape index (κ3) is 4.79. The molecular weight excluding hydrogens is 316 g/mol. The molecule has 1 aliphatic rings. The van der Waals surface area contributed by atoms with E-state index in [4.69, 9.17) is 4.74 Å². The molecule has 0 radical (unpaired) electrons. The van der Waals surface area contributed by atoms with E-state index in [9.17, 15) is 14.4 Å². The van der Waals surface area contributed by atoms with Crippen molar-refractivity contribution >= 4 is 29.2 Å². The van der Waals surface area contributed by atoms with Crippen molar-refractivity contribution in [2.24, 2.45) is 0 Å². The van der Waals surface area contributed by atoms with Crippen LogP contribution in [0.25, 0.3) is 0 Å². The van der Waals surface area contributed by atoms with Gasteiger partial charge in [0, 0.05) is 11.9 Å². The number of carbonyl (C=O) groups excluding carboxylic acids is 3. The molecule has 1 aliphatic carbocycles. The van der Waals surface area contributed by atoms with Crippen LogP contribution in [-0.2, 0) is 22.4 Å². The third-order valence-electron chi connectivity index (χ3n) is 3.81. The van der Waals surface area contributed by atoms with Gasteiger partial charge >= 0.3 is 12.0 Å². The molecule has 0 spiro atoms. The van der Waals surface area contributed by atoms with Crippen molar-refractivity contribution in [1.82, 2.24) is 10.6 Å². The highest BCUT2D eigenvalue weighted by Crippen LogP contribution is 2.29. The zero-order chi connectivity index (χ0) is 16.8. The molecule has 0 saturated carbocycles. The quantitative estimate of drug-likeness (QED) is 0.829. The van der Waals surface area contributed by atoms with Crippen LogP contribution in [0.1, 0.15) is 52.7 Å². The Morgan fingerprint density at radius 3 is 2.57 bits per heavy atom. The summed E-state index contributed by atoms with van der Waals surface area (Å²) in [6, 6.07) is 1.26. The second-order valence-corrected chi connectivity index (χ2v) is 6.73. The number of ether oxygens (including phenoxy) is 1. The van der Waals surface area contributed by atoms with Crippen LogP contribution >= 0.6 is 11.3 Å². The Kier molecular flexibility index (Phi) is 6.15. The van der Waals surface area contributed by atoms with Crippen LogP contribution in [0.3, 0.4) is 0 Å². The molecule has 0 saturated heterocycles. The van der Waals surface area contributed by atoms with E-state index in [-0.39, 0.29) is 0 Å². The van der Waals surface area contributed by atoms with Crippen molar-refractivity contribution in [3.8, 4) is 0 Å². The number of nitrogens with one attached hydrogen (secondary N) is 2. The predicted octanol–water partition coefficient (Wildman–Crippen LogP) is 2.41. The molecule has 1 heterocycles. The number of aryl methyl sites for hydroxylation is 2. The molecule has 7 heteroatoms. The van der Waals surface area contributed by atoms with E-state index in [1.807, 2.05) is 6.07 Å². The van der Waals surface area contributed by atoms with Crippen molar-refractivity contribution in [3.63, 3.8) is 0 Å². The fourth-order valence-electron chi connectivity index (χ4n) is 2.49. The van der Waals surface area contributed by atoms with Gasteiger partial charge in [0.15, 0.2) is 6.10 Å². The lowest BCUT2D eigenvalue weighted by Crippen LogP contribution is -2.43. The molecule has 3 amide bonds. The smallest absolute Gasteiger partial charge is 0.349 e. The van der Waals surface area contributed by atoms with Crippen LogP contribution in [-0.4, -0.2) is 31.1 Å². The molecule has 1 atom stereocenters. The molecule has 1 aromatic heterocycles. The van der Waals surface area contributed by atoms with Gasteiger partial charge in [0.1, 0.15) is 4.88 Å². The maximum Gasteiger partial charge on any atom is 0.349 e. The summed E-state index contributed by atoms with van der Waals surface area (Å²) in [7, 11) is 1.40. The number of esters is 1. The zero-order valence-corrected chi connectivity index (χ0v) is 14.3. The van der Waals surface area contributed by atoms with Gasteiger partial charge in [-0.15, -0.1) is 11.3 Å². The molecule has 126 valence electrons. The van der Waals surface area contributed by atoms with Crippen LogP contribution < -0.4 is 10.6 Å². The van der Waals surface area contributed by atoms with Gasteiger partial charge in [-0.05, 0) is 44.2 Å². The zero-order valence-electron chi connectivity index (χ0n) is 13.4. The summed E-state index contributed by atoms with van der Waals surface area (Å²) in [6.07, 6.45) is 5.71. The highest BCUT2D eigenvalue weighted by atomic mass is 32.1. The minimum Gasteiger partial charge on any atom is -0.448 e. The van der Waals surface area contributed by atoms with Crippen LogP contribution in [0.15, 0.2) is 6.07 Å². The number of thiophene rings is 1. The number of imide groups is 1. The molecule has 0 aliphatic heterocycles. The monoisotopic (exact) mass is 338 g/mol. The van der Waals surface area contributed by atoms with Gasteiger partial charge in [-0.25, -0.2) is 9.59 Å². The molecule has 2 N–H and O–H groups in total. The molecule has 1 aromatic rings. The molecule has 2 rings (SSSR count). The van der Waals surface area contributed by atoms with Gasteiger partial charge in [-0.1, -0.05) is 12.8 Å². The summed E-state index contributed by atoms with van der Waals surface area (Å²) in [5.41, 5.74) is 1.23. The third-order valence-corrected chi connectivity index (χ3v) is 5.03. The SMILES string of the molecule is CNC(=O)NC(=O)C(C)OC(=O)c1cc2c(s1)CCCCCC2. The standard InChI is InChI=1S/C16H22N2O4S/c1-10(14(19)18-16(21)17-2)22-15(20)13-9-11-7-5-3-4-6-8-12(11)23-13/h9-10H,3-8H2,1-2H3,(H2,17,18,19,21). The van der Waals surface area contributed by atoms with Crippen LogP contribution in [0, 0.1) is 0 Å². The number of hydrogen-bond acceptors (Lipinski definition) is 5. The Labute approximate surface area is 139 Å². The second kappa shape index (κ2) is 8.10. The fraction of sp³-hybridized carbons (Fsp3) is 0.562. The van der Waals surface area contributed by atoms with Crippen LogP contribution in [0.4, 0.5) is 4.79 Å². The fourth-order valence-corrected chi connectivity index (χ4v) is 3.63. The maximum absolute atomic E-state index is 12.2. The first-order valence-electron chi connectivity index (χ1n) is 7.86. The van der Waals surface area contributed by atoms with Crippen LogP contribution in [0.5, 0.6) is 0 Å². The van der Waals surface area contributed by atoms with Crippen molar-refractivity contribution < 1.29 is 19.1 Å². The second-order valence-electron chi connectivity index (χ2n) is 5.59. The van der Waals surface area contributed by atoms with Crippen molar-refractivity contribution in [1.29, 1.82) is 0 Å². The summed E-state index contributed by atoms with van der Waals surface area (Å²) in [6.45, 7) is 1.44. The number of carbonyl (C=O) groups is 3. The first kappa shape index (κ1) is 17.5. The summed E-state index contributed by atoms with van der Waals surface area (Å²) in [5, 5.41) is 4.36. The first-order valence-corrected chi connectivity index (χ1v) is 8.68. The average molecular weight is 338 g/mol. The molecule has 0 bridgehead atoms. The van der Waals surface area contributed by atoms with E-state index in [1.165, 1.54) is 48.6 Å². The van der Waals surface area contributed by atoms with Crippen LogP contribution in [0.2, 0.25) is 0 Å². The molecule has 0 fully saturated rings. The summed E-state index contributed by atoms with van der Waals surface area (Å²) >= 11 is 1.45. The van der Waals surface area contributed by atoms with Gasteiger partial charge in [0.25, 0.3) is 5.91 Å². The number of urea groups is 1. The maximum atomic E-state index is 12.2. The average Bonchev–Trinajstić information content (AvgIpc) is 2.89.